The van der Waals surface area contributed by atoms with Crippen molar-refractivity contribution in [3.8, 4) is 17.4 Å². The van der Waals surface area contributed by atoms with Gasteiger partial charge in [-0.15, -0.1) is 0 Å². The minimum absolute atomic E-state index is 0.0225. The Balaban J connectivity index is 2.55. The second-order valence-electron chi connectivity index (χ2n) is 3.30. The van der Waals surface area contributed by atoms with Crippen LogP contribution in [-0.4, -0.2) is 14.8 Å². The van der Waals surface area contributed by atoms with Gasteiger partial charge in [0.05, 0.1) is 5.69 Å². The summed E-state index contributed by atoms with van der Waals surface area (Å²) in [4.78, 5) is 0. The molecule has 0 saturated carbocycles. The van der Waals surface area contributed by atoms with E-state index < -0.39 is 0 Å². The van der Waals surface area contributed by atoms with E-state index in [-0.39, 0.29) is 11.8 Å². The van der Waals surface area contributed by atoms with Gasteiger partial charge in [-0.25, -0.2) is 0 Å². The van der Waals surface area contributed by atoms with E-state index >= 15 is 0 Å². The first-order valence-electron chi connectivity index (χ1n) is 4.58. The van der Waals surface area contributed by atoms with Gasteiger partial charge in [0.15, 0.2) is 5.88 Å². The zero-order valence-corrected chi connectivity index (χ0v) is 11.4. The number of aromatic nitrogens is 1. The highest BCUT2D eigenvalue weighted by Crippen LogP contribution is 2.32. The Labute approximate surface area is 110 Å². The molecule has 1 aromatic carbocycles. The fraction of sp³-hybridized carbons (Fsp3) is 0.0909. The fourth-order valence-corrected chi connectivity index (χ4v) is 2.16. The summed E-state index contributed by atoms with van der Waals surface area (Å²) in [6.45, 7) is 0. The maximum absolute atomic E-state index is 9.89. The second-order valence-corrected chi connectivity index (χ2v) is 4.77. The van der Waals surface area contributed by atoms with Crippen LogP contribution in [0.15, 0.2) is 34.8 Å². The largest absolute Gasteiger partial charge is 0.494 e. The van der Waals surface area contributed by atoms with Crippen LogP contribution >= 0.6 is 31.9 Å². The molecule has 84 valence electrons. The average Bonchev–Trinajstić information content (AvgIpc) is 2.56. The van der Waals surface area contributed by atoms with Crippen molar-refractivity contribution in [1.82, 2.24) is 4.57 Å². The van der Waals surface area contributed by atoms with Gasteiger partial charge in [-0.3, -0.25) is 4.57 Å². The highest BCUT2D eigenvalue weighted by molar-refractivity contribution is 9.10. The number of halogens is 2. The summed E-state index contributed by atoms with van der Waals surface area (Å²) >= 11 is 6.58. The summed E-state index contributed by atoms with van der Waals surface area (Å²) < 4.78 is 2.34. The SMILES string of the molecule is Oc1cc(CBr)c(O)n1-c1ccc(Br)cc1. The lowest BCUT2D eigenvalue weighted by Gasteiger charge is -2.06. The van der Waals surface area contributed by atoms with Crippen molar-refractivity contribution in [3.05, 3.63) is 40.4 Å². The highest BCUT2D eigenvalue weighted by Gasteiger charge is 2.13. The minimum Gasteiger partial charge on any atom is -0.494 e. The van der Waals surface area contributed by atoms with E-state index in [4.69, 9.17) is 0 Å². The number of alkyl halides is 1. The standard InChI is InChI=1S/C11H9Br2NO2/c12-6-7-5-10(15)14(11(7)16)9-3-1-8(13)2-4-9/h1-5,15-16H,6H2. The van der Waals surface area contributed by atoms with E-state index in [2.05, 4.69) is 31.9 Å². The molecular formula is C11H9Br2NO2. The molecule has 0 unspecified atom stereocenters. The summed E-state index contributed by atoms with van der Waals surface area (Å²) in [5.41, 5.74) is 1.37. The summed E-state index contributed by atoms with van der Waals surface area (Å²) in [6.07, 6.45) is 0. The van der Waals surface area contributed by atoms with Crippen LogP contribution < -0.4 is 0 Å². The van der Waals surface area contributed by atoms with E-state index in [0.29, 0.717) is 16.6 Å². The van der Waals surface area contributed by atoms with Crippen molar-refractivity contribution >= 4 is 31.9 Å². The zero-order chi connectivity index (χ0) is 11.7. The van der Waals surface area contributed by atoms with Gasteiger partial charge in [-0.1, -0.05) is 31.9 Å². The van der Waals surface area contributed by atoms with Crippen LogP contribution in [0.1, 0.15) is 5.56 Å². The monoisotopic (exact) mass is 345 g/mol. The number of benzene rings is 1. The topological polar surface area (TPSA) is 45.4 Å². The third kappa shape index (κ3) is 1.97. The van der Waals surface area contributed by atoms with Crippen molar-refractivity contribution in [1.29, 1.82) is 0 Å². The predicted octanol–water partition coefficient (Wildman–Crippen LogP) is 3.55. The Bertz CT molecular complexity index is 505. The van der Waals surface area contributed by atoms with Crippen LogP contribution in [0.25, 0.3) is 5.69 Å². The van der Waals surface area contributed by atoms with E-state index in [0.717, 1.165) is 4.47 Å². The molecule has 2 aromatic rings. The molecular weight excluding hydrogens is 338 g/mol. The van der Waals surface area contributed by atoms with Gasteiger partial charge in [0.1, 0.15) is 0 Å². The van der Waals surface area contributed by atoms with Crippen LogP contribution in [0.2, 0.25) is 0 Å². The van der Waals surface area contributed by atoms with Crippen molar-refractivity contribution in [2.75, 3.05) is 0 Å². The molecule has 1 aromatic heterocycles. The summed E-state index contributed by atoms with van der Waals surface area (Å²) in [5, 5.41) is 20.1. The first-order chi connectivity index (χ1) is 7.63. The molecule has 0 bridgehead atoms. The molecule has 2 N–H and O–H groups in total. The average molecular weight is 347 g/mol. The van der Waals surface area contributed by atoms with Crippen molar-refractivity contribution in [3.63, 3.8) is 0 Å². The first kappa shape index (κ1) is 11.5. The molecule has 2 rings (SSSR count). The van der Waals surface area contributed by atoms with Gasteiger partial charge in [0.25, 0.3) is 0 Å². The first-order valence-corrected chi connectivity index (χ1v) is 6.49. The second kappa shape index (κ2) is 4.51. The minimum atomic E-state index is 0.0225. The van der Waals surface area contributed by atoms with Crippen LogP contribution in [0.5, 0.6) is 11.8 Å². The molecule has 3 nitrogen and oxygen atoms in total. The molecule has 0 amide bonds. The van der Waals surface area contributed by atoms with Gasteiger partial charge >= 0.3 is 0 Å². The maximum Gasteiger partial charge on any atom is 0.202 e. The van der Waals surface area contributed by atoms with Crippen molar-refractivity contribution in [2.45, 2.75) is 5.33 Å². The Morgan fingerprint density at radius 3 is 2.25 bits per heavy atom. The maximum atomic E-state index is 9.89. The van der Waals surface area contributed by atoms with Crippen molar-refractivity contribution in [2.24, 2.45) is 0 Å². The Morgan fingerprint density at radius 1 is 1.12 bits per heavy atom. The summed E-state index contributed by atoms with van der Waals surface area (Å²) in [5.74, 6) is 0.0750. The van der Waals surface area contributed by atoms with E-state index in [1.165, 1.54) is 10.6 Å². The predicted molar refractivity (Wildman–Crippen MR) is 69.4 cm³/mol. The molecule has 16 heavy (non-hydrogen) atoms. The highest BCUT2D eigenvalue weighted by atomic mass is 79.9. The van der Waals surface area contributed by atoms with Gasteiger partial charge in [-0.05, 0) is 24.3 Å². The smallest absolute Gasteiger partial charge is 0.202 e. The van der Waals surface area contributed by atoms with Gasteiger partial charge in [0, 0.05) is 21.4 Å². The van der Waals surface area contributed by atoms with E-state index in [1.54, 1.807) is 0 Å². The van der Waals surface area contributed by atoms with Crippen LogP contribution in [0.3, 0.4) is 0 Å². The lowest BCUT2D eigenvalue weighted by atomic mass is 10.3. The van der Waals surface area contributed by atoms with Crippen LogP contribution in [-0.2, 0) is 5.33 Å². The third-order valence-electron chi connectivity index (χ3n) is 2.26. The number of aromatic hydroxyl groups is 2. The Hall–Kier alpha value is -0.940. The molecule has 0 aliphatic carbocycles. The van der Waals surface area contributed by atoms with E-state index in [1.807, 2.05) is 24.3 Å². The Kier molecular flexibility index (Phi) is 3.25. The van der Waals surface area contributed by atoms with Gasteiger partial charge in [0.2, 0.25) is 5.88 Å². The van der Waals surface area contributed by atoms with Crippen LogP contribution in [0.4, 0.5) is 0 Å². The van der Waals surface area contributed by atoms with Gasteiger partial charge < -0.3 is 10.2 Å². The molecule has 0 atom stereocenters. The molecule has 1 heterocycles. The fourth-order valence-electron chi connectivity index (χ4n) is 1.48. The Morgan fingerprint density at radius 2 is 1.75 bits per heavy atom. The molecule has 0 aliphatic rings. The zero-order valence-electron chi connectivity index (χ0n) is 8.19. The molecule has 0 fully saturated rings. The lowest BCUT2D eigenvalue weighted by Crippen LogP contribution is -1.92. The number of rotatable bonds is 2. The molecule has 0 saturated heterocycles. The number of hydrogen-bond donors (Lipinski definition) is 2. The lowest BCUT2D eigenvalue weighted by molar-refractivity contribution is 0.401. The van der Waals surface area contributed by atoms with Crippen LogP contribution in [0, 0.1) is 0 Å². The number of nitrogens with zero attached hydrogens (tertiary/aromatic N) is 1. The normalized spacial score (nSPS) is 10.6. The number of hydrogen-bond acceptors (Lipinski definition) is 2. The van der Waals surface area contributed by atoms with Gasteiger partial charge in [-0.2, -0.15) is 0 Å². The third-order valence-corrected chi connectivity index (χ3v) is 3.39. The molecule has 0 aliphatic heterocycles. The van der Waals surface area contributed by atoms with E-state index in [9.17, 15) is 10.2 Å². The molecule has 5 heteroatoms. The summed E-state index contributed by atoms with van der Waals surface area (Å²) in [7, 11) is 0. The quantitative estimate of drug-likeness (QED) is 0.817. The van der Waals surface area contributed by atoms with Crippen molar-refractivity contribution < 1.29 is 10.2 Å². The molecule has 0 spiro atoms. The molecule has 0 radical (unpaired) electrons. The summed E-state index contributed by atoms with van der Waals surface area (Å²) in [6, 6.07) is 8.85.